The highest BCUT2D eigenvalue weighted by atomic mass is 16.5. The van der Waals surface area contributed by atoms with Crippen LogP contribution in [-0.4, -0.2) is 12.4 Å². The number of carbonyl (C=O) groups is 1. The van der Waals surface area contributed by atoms with E-state index in [1.807, 2.05) is 24.3 Å². The molecule has 0 unspecified atom stereocenters. The molecule has 1 aromatic carbocycles. The Morgan fingerprint density at radius 1 is 1.27 bits per heavy atom. The van der Waals surface area contributed by atoms with Crippen LogP contribution >= 0.6 is 0 Å². The average Bonchev–Trinajstić information content (AvgIpc) is 2.04. The van der Waals surface area contributed by atoms with Crippen LogP contribution in [0.3, 0.4) is 0 Å². The highest BCUT2D eigenvalue weighted by Gasteiger charge is 2.14. The van der Waals surface area contributed by atoms with Crippen LogP contribution in [0.1, 0.15) is 5.56 Å². The van der Waals surface area contributed by atoms with E-state index < -0.39 is 0 Å². The molecule has 1 aliphatic rings. The molecule has 0 saturated heterocycles. The number of carbonyl (C=O) groups excluding carboxylic acids is 1. The Balaban J connectivity index is 2.41. The van der Waals surface area contributed by atoms with Crippen LogP contribution in [0.25, 0.3) is 0 Å². The monoisotopic (exact) mass is 149 g/mol. The Labute approximate surface area is 64.8 Å². The predicted molar refractivity (Wildman–Crippen MR) is 40.6 cm³/mol. The molecule has 0 atom stereocenters. The SMILES string of the molecule is O=C1Cc2ccccc2O[13CH2]1. The van der Waals surface area contributed by atoms with Crippen molar-refractivity contribution < 1.29 is 9.53 Å². The first-order valence-electron chi connectivity index (χ1n) is 3.58. The van der Waals surface area contributed by atoms with E-state index in [2.05, 4.69) is 0 Å². The summed E-state index contributed by atoms with van der Waals surface area (Å²) in [6.45, 7) is 0.233. The van der Waals surface area contributed by atoms with Gasteiger partial charge in [-0.2, -0.15) is 0 Å². The fraction of sp³-hybridized carbons (Fsp3) is 0.222. The Morgan fingerprint density at radius 2 is 2.09 bits per heavy atom. The standard InChI is InChI=1S/C9H8O2/c10-8-5-7-3-1-2-4-9(7)11-6-8/h1-4H,5-6H2/i6+1. The zero-order valence-electron chi connectivity index (χ0n) is 6.04. The molecule has 0 radical (unpaired) electrons. The molecule has 2 rings (SSSR count). The van der Waals surface area contributed by atoms with E-state index in [0.717, 1.165) is 11.3 Å². The maximum Gasteiger partial charge on any atom is 0.174 e. The van der Waals surface area contributed by atoms with E-state index in [1.165, 1.54) is 0 Å². The zero-order valence-corrected chi connectivity index (χ0v) is 6.04. The number of hydrogen-bond donors (Lipinski definition) is 0. The number of ether oxygens (including phenoxy) is 1. The lowest BCUT2D eigenvalue weighted by molar-refractivity contribution is -0.121. The van der Waals surface area contributed by atoms with Gasteiger partial charge in [0.15, 0.2) is 5.78 Å². The minimum atomic E-state index is 0.156. The van der Waals surface area contributed by atoms with Gasteiger partial charge in [-0.3, -0.25) is 4.79 Å². The summed E-state index contributed by atoms with van der Waals surface area (Å²) >= 11 is 0. The van der Waals surface area contributed by atoms with Crippen molar-refractivity contribution in [3.05, 3.63) is 29.8 Å². The molecule has 56 valence electrons. The van der Waals surface area contributed by atoms with Gasteiger partial charge in [0.25, 0.3) is 0 Å². The quantitative estimate of drug-likeness (QED) is 0.518. The molecular formula is C9H8O2. The number of fused-ring (bicyclic) bond motifs is 1. The van der Waals surface area contributed by atoms with Gasteiger partial charge in [-0.25, -0.2) is 0 Å². The Bertz CT molecular complexity index is 291. The number of para-hydroxylation sites is 1. The third kappa shape index (κ3) is 1.11. The summed E-state index contributed by atoms with van der Waals surface area (Å²) in [6.07, 6.45) is 0.524. The van der Waals surface area contributed by atoms with E-state index in [0.29, 0.717) is 6.42 Å². The van der Waals surface area contributed by atoms with Crippen LogP contribution < -0.4 is 4.74 Å². The lowest BCUT2D eigenvalue weighted by Gasteiger charge is -2.14. The van der Waals surface area contributed by atoms with E-state index in [9.17, 15) is 4.79 Å². The average molecular weight is 149 g/mol. The first kappa shape index (κ1) is 6.40. The largest absolute Gasteiger partial charge is 0.486 e. The van der Waals surface area contributed by atoms with Gasteiger partial charge in [0.2, 0.25) is 0 Å². The molecule has 0 spiro atoms. The number of rotatable bonds is 0. The second kappa shape index (κ2) is 2.38. The van der Waals surface area contributed by atoms with Crippen LogP contribution in [0.2, 0.25) is 0 Å². The van der Waals surface area contributed by atoms with Gasteiger partial charge in [0, 0.05) is 12.0 Å². The van der Waals surface area contributed by atoms with Gasteiger partial charge in [-0.05, 0) is 6.07 Å². The Morgan fingerprint density at radius 3 is 3.00 bits per heavy atom. The number of ketones is 1. The normalized spacial score (nSPS) is 15.5. The van der Waals surface area contributed by atoms with Crippen molar-refractivity contribution in [1.29, 1.82) is 0 Å². The molecule has 0 saturated carbocycles. The minimum Gasteiger partial charge on any atom is -0.486 e. The van der Waals surface area contributed by atoms with E-state index in [4.69, 9.17) is 4.74 Å². The van der Waals surface area contributed by atoms with Crippen molar-refractivity contribution in [1.82, 2.24) is 0 Å². The molecule has 2 nitrogen and oxygen atoms in total. The zero-order chi connectivity index (χ0) is 7.68. The summed E-state index contributed by atoms with van der Waals surface area (Å²) in [7, 11) is 0. The predicted octanol–water partition coefficient (Wildman–Crippen LogP) is 1.19. The van der Waals surface area contributed by atoms with Gasteiger partial charge in [-0.15, -0.1) is 0 Å². The lowest BCUT2D eigenvalue weighted by Crippen LogP contribution is -2.19. The van der Waals surface area contributed by atoms with Gasteiger partial charge in [0.1, 0.15) is 12.4 Å². The summed E-state index contributed by atoms with van der Waals surface area (Å²) in [5.41, 5.74) is 1.00. The fourth-order valence-corrected chi connectivity index (χ4v) is 1.21. The molecule has 0 bridgehead atoms. The van der Waals surface area contributed by atoms with Crippen molar-refractivity contribution in [2.75, 3.05) is 6.61 Å². The van der Waals surface area contributed by atoms with Crippen LogP contribution in [-0.2, 0) is 11.2 Å². The maximum atomic E-state index is 10.9. The number of benzene rings is 1. The van der Waals surface area contributed by atoms with Crippen molar-refractivity contribution in [2.45, 2.75) is 6.42 Å². The van der Waals surface area contributed by atoms with Crippen LogP contribution in [0.15, 0.2) is 24.3 Å². The number of Topliss-reactive ketones (excluding diaryl/α,β-unsaturated/α-hetero) is 1. The summed E-state index contributed by atoms with van der Waals surface area (Å²) in [5.74, 6) is 1.01. The van der Waals surface area contributed by atoms with Crippen molar-refractivity contribution in [2.24, 2.45) is 0 Å². The third-order valence-electron chi connectivity index (χ3n) is 1.75. The smallest absolute Gasteiger partial charge is 0.174 e. The summed E-state index contributed by atoms with van der Waals surface area (Å²) < 4.78 is 5.19. The molecule has 11 heavy (non-hydrogen) atoms. The molecule has 0 amide bonds. The van der Waals surface area contributed by atoms with Gasteiger partial charge in [0.05, 0.1) is 0 Å². The highest BCUT2D eigenvalue weighted by molar-refractivity contribution is 5.84. The highest BCUT2D eigenvalue weighted by Crippen LogP contribution is 2.21. The summed E-state index contributed by atoms with van der Waals surface area (Å²) in [5, 5.41) is 0. The van der Waals surface area contributed by atoms with Crippen molar-refractivity contribution in [3.63, 3.8) is 0 Å². The fourth-order valence-electron chi connectivity index (χ4n) is 1.21. The Hall–Kier alpha value is -1.31. The minimum absolute atomic E-state index is 0.156. The van der Waals surface area contributed by atoms with Gasteiger partial charge in [-0.1, -0.05) is 18.2 Å². The molecule has 0 fully saturated rings. The second-order valence-electron chi connectivity index (χ2n) is 2.61. The molecular weight excluding hydrogens is 141 g/mol. The molecule has 0 aromatic heterocycles. The molecule has 1 aromatic rings. The van der Waals surface area contributed by atoms with E-state index in [-0.39, 0.29) is 12.4 Å². The van der Waals surface area contributed by atoms with Gasteiger partial charge >= 0.3 is 0 Å². The third-order valence-corrected chi connectivity index (χ3v) is 1.75. The molecule has 1 aliphatic heterocycles. The van der Waals surface area contributed by atoms with Crippen LogP contribution in [0, 0.1) is 0 Å². The van der Waals surface area contributed by atoms with E-state index in [1.54, 1.807) is 0 Å². The summed E-state index contributed by atoms with van der Waals surface area (Å²) in [4.78, 5) is 10.9. The van der Waals surface area contributed by atoms with Crippen LogP contribution in [0.5, 0.6) is 5.75 Å². The van der Waals surface area contributed by atoms with E-state index >= 15 is 0 Å². The first-order valence-corrected chi connectivity index (χ1v) is 3.58. The topological polar surface area (TPSA) is 26.3 Å². The molecule has 1 heterocycles. The van der Waals surface area contributed by atoms with Gasteiger partial charge < -0.3 is 4.74 Å². The van der Waals surface area contributed by atoms with Crippen molar-refractivity contribution >= 4 is 5.78 Å². The van der Waals surface area contributed by atoms with Crippen molar-refractivity contribution in [3.8, 4) is 5.75 Å². The van der Waals surface area contributed by atoms with Crippen LogP contribution in [0.4, 0.5) is 0 Å². The lowest BCUT2D eigenvalue weighted by atomic mass is 10.1. The summed E-state index contributed by atoms with van der Waals surface area (Å²) in [6, 6.07) is 7.64. The molecule has 0 N–H and O–H groups in total. The number of hydrogen-bond acceptors (Lipinski definition) is 2. The maximum absolute atomic E-state index is 10.9. The first-order chi connectivity index (χ1) is 5.36. The molecule has 2 heteroatoms. The molecule has 0 aliphatic carbocycles. The second-order valence-corrected chi connectivity index (χ2v) is 2.61. The Kier molecular flexibility index (Phi) is 1.39.